The summed E-state index contributed by atoms with van der Waals surface area (Å²) in [6.07, 6.45) is 19.2. The monoisotopic (exact) mass is 294 g/mol. The van der Waals surface area contributed by atoms with Crippen LogP contribution in [0.1, 0.15) is 64.7 Å². The van der Waals surface area contributed by atoms with Crippen LogP contribution in [-0.4, -0.2) is 29.8 Å². The molecule has 1 aliphatic heterocycles. The van der Waals surface area contributed by atoms with E-state index in [-0.39, 0.29) is 12.1 Å². The average molecular weight is 294 g/mol. The molecular formula is C18H34N2O. The van der Waals surface area contributed by atoms with Crippen LogP contribution in [0.25, 0.3) is 0 Å². The van der Waals surface area contributed by atoms with Crippen LogP contribution in [-0.2, 0) is 0 Å². The Balaban J connectivity index is 1.93. The van der Waals surface area contributed by atoms with E-state index in [0.29, 0.717) is 6.04 Å². The summed E-state index contributed by atoms with van der Waals surface area (Å²) >= 11 is 0. The van der Waals surface area contributed by atoms with Gasteiger partial charge < -0.3 is 16.2 Å². The molecule has 0 aliphatic carbocycles. The number of allylic oxidation sites excluding steroid dienone is 4. The number of hydrogen-bond acceptors (Lipinski definition) is 3. The van der Waals surface area contributed by atoms with Gasteiger partial charge in [0.15, 0.2) is 0 Å². The van der Waals surface area contributed by atoms with Crippen molar-refractivity contribution >= 4 is 0 Å². The Labute approximate surface area is 130 Å². The first-order chi connectivity index (χ1) is 10.2. The zero-order valence-electron chi connectivity index (χ0n) is 13.6. The molecule has 0 bridgehead atoms. The van der Waals surface area contributed by atoms with Gasteiger partial charge in [0.1, 0.15) is 0 Å². The van der Waals surface area contributed by atoms with Gasteiger partial charge in [0.2, 0.25) is 0 Å². The molecule has 0 amide bonds. The highest BCUT2D eigenvalue weighted by Gasteiger charge is 2.25. The molecule has 0 saturated carbocycles. The van der Waals surface area contributed by atoms with Crippen LogP contribution in [0, 0.1) is 0 Å². The van der Waals surface area contributed by atoms with Crippen molar-refractivity contribution in [3.8, 4) is 0 Å². The molecule has 0 spiro atoms. The summed E-state index contributed by atoms with van der Waals surface area (Å²) in [4.78, 5) is 0. The Morgan fingerprint density at radius 2 is 1.81 bits per heavy atom. The summed E-state index contributed by atoms with van der Waals surface area (Å²) in [6, 6.07) is 0.369. The van der Waals surface area contributed by atoms with E-state index in [4.69, 9.17) is 5.73 Å². The minimum atomic E-state index is -0.321. The molecule has 21 heavy (non-hydrogen) atoms. The molecule has 1 rings (SSSR count). The number of aliphatic hydroxyl groups is 1. The number of aliphatic hydroxyl groups excluding tert-OH is 1. The summed E-state index contributed by atoms with van der Waals surface area (Å²) in [7, 11) is 0. The van der Waals surface area contributed by atoms with E-state index in [1.165, 1.54) is 44.9 Å². The maximum absolute atomic E-state index is 9.74. The van der Waals surface area contributed by atoms with Crippen LogP contribution in [0.15, 0.2) is 24.3 Å². The molecule has 0 aromatic heterocycles. The lowest BCUT2D eigenvalue weighted by Crippen LogP contribution is -2.53. The summed E-state index contributed by atoms with van der Waals surface area (Å²) in [5.74, 6) is 0. The van der Waals surface area contributed by atoms with Crippen molar-refractivity contribution in [1.29, 1.82) is 0 Å². The normalized spacial score (nSPS) is 26.9. The standard InChI is InChI=1S/C18H34N2O/c1-2-3-4-5-6-7-8-9-10-11-12-13-16-14-18(21)17(19)15-20-16/h5-8,16-18,20-21H,2-4,9-15,19H2,1H3/b6-5+,8-7+/t16-,17+,18+/m0/s1. The topological polar surface area (TPSA) is 58.3 Å². The Bertz CT molecular complexity index is 302. The number of piperidine rings is 1. The lowest BCUT2D eigenvalue weighted by atomic mass is 9.94. The van der Waals surface area contributed by atoms with Crippen LogP contribution in [0.2, 0.25) is 0 Å². The second-order valence-corrected chi connectivity index (χ2v) is 6.21. The molecule has 3 nitrogen and oxygen atoms in total. The summed E-state index contributed by atoms with van der Waals surface area (Å²) < 4.78 is 0. The van der Waals surface area contributed by atoms with Crippen molar-refractivity contribution in [3.63, 3.8) is 0 Å². The Kier molecular flexibility index (Phi) is 10.5. The highest BCUT2D eigenvalue weighted by atomic mass is 16.3. The molecule has 3 heteroatoms. The fraction of sp³-hybridized carbons (Fsp3) is 0.778. The predicted molar refractivity (Wildman–Crippen MR) is 91.3 cm³/mol. The van der Waals surface area contributed by atoms with Crippen molar-refractivity contribution in [2.24, 2.45) is 5.73 Å². The van der Waals surface area contributed by atoms with Gasteiger partial charge in [-0.1, -0.05) is 56.9 Å². The first-order valence-electron chi connectivity index (χ1n) is 8.72. The van der Waals surface area contributed by atoms with Gasteiger partial charge in [0.05, 0.1) is 6.10 Å². The number of rotatable bonds is 10. The highest BCUT2D eigenvalue weighted by Crippen LogP contribution is 2.14. The van der Waals surface area contributed by atoms with Gasteiger partial charge in [-0.15, -0.1) is 0 Å². The van der Waals surface area contributed by atoms with Crippen molar-refractivity contribution < 1.29 is 5.11 Å². The number of hydrogen-bond donors (Lipinski definition) is 3. The van der Waals surface area contributed by atoms with Crippen LogP contribution >= 0.6 is 0 Å². The molecule has 1 saturated heterocycles. The second-order valence-electron chi connectivity index (χ2n) is 6.21. The van der Waals surface area contributed by atoms with E-state index < -0.39 is 0 Å². The number of unbranched alkanes of at least 4 members (excludes halogenated alkanes) is 5. The van der Waals surface area contributed by atoms with E-state index in [1.54, 1.807) is 0 Å². The van der Waals surface area contributed by atoms with E-state index in [2.05, 4.69) is 36.5 Å². The highest BCUT2D eigenvalue weighted by molar-refractivity contribution is 5.02. The van der Waals surface area contributed by atoms with Crippen LogP contribution in [0.4, 0.5) is 0 Å². The first kappa shape index (κ1) is 18.4. The lowest BCUT2D eigenvalue weighted by molar-refractivity contribution is 0.0936. The largest absolute Gasteiger partial charge is 0.391 e. The second kappa shape index (κ2) is 12.0. The molecule has 122 valence electrons. The van der Waals surface area contributed by atoms with E-state index in [1.807, 2.05) is 0 Å². The fourth-order valence-corrected chi connectivity index (χ4v) is 2.71. The van der Waals surface area contributed by atoms with Crippen LogP contribution in [0.5, 0.6) is 0 Å². The van der Waals surface area contributed by atoms with Gasteiger partial charge in [-0.25, -0.2) is 0 Å². The smallest absolute Gasteiger partial charge is 0.0718 e. The van der Waals surface area contributed by atoms with Gasteiger partial charge in [0, 0.05) is 18.6 Å². The van der Waals surface area contributed by atoms with Crippen molar-refractivity contribution in [1.82, 2.24) is 5.32 Å². The lowest BCUT2D eigenvalue weighted by Gasteiger charge is -2.32. The molecule has 1 heterocycles. The zero-order valence-corrected chi connectivity index (χ0v) is 13.6. The Hall–Kier alpha value is -0.640. The Morgan fingerprint density at radius 1 is 1.10 bits per heavy atom. The third-order valence-electron chi connectivity index (χ3n) is 4.19. The molecule has 0 radical (unpaired) electrons. The maximum atomic E-state index is 9.74. The van der Waals surface area contributed by atoms with Crippen molar-refractivity contribution in [2.45, 2.75) is 82.9 Å². The molecule has 4 N–H and O–H groups in total. The van der Waals surface area contributed by atoms with Crippen LogP contribution in [0.3, 0.4) is 0 Å². The number of nitrogens with two attached hydrogens (primary N) is 1. The van der Waals surface area contributed by atoms with Gasteiger partial charge in [-0.2, -0.15) is 0 Å². The van der Waals surface area contributed by atoms with Gasteiger partial charge in [0.25, 0.3) is 0 Å². The summed E-state index contributed by atoms with van der Waals surface area (Å²) in [6.45, 7) is 2.97. The first-order valence-corrected chi connectivity index (χ1v) is 8.72. The quantitative estimate of drug-likeness (QED) is 0.428. The molecule has 0 aromatic carbocycles. The summed E-state index contributed by atoms with van der Waals surface area (Å²) in [5.41, 5.74) is 5.78. The summed E-state index contributed by atoms with van der Waals surface area (Å²) in [5, 5.41) is 13.2. The minimum Gasteiger partial charge on any atom is -0.391 e. The SMILES string of the molecule is CCCC/C=C/C=C/CCCCC[C@H]1C[C@@H](O)[C@H](N)CN1. The van der Waals surface area contributed by atoms with Crippen molar-refractivity contribution in [3.05, 3.63) is 24.3 Å². The molecule has 1 fully saturated rings. The van der Waals surface area contributed by atoms with Crippen LogP contribution < -0.4 is 11.1 Å². The predicted octanol–water partition coefficient (Wildman–Crippen LogP) is 3.29. The molecule has 1 aliphatic rings. The average Bonchev–Trinajstić information content (AvgIpc) is 2.48. The third-order valence-corrected chi connectivity index (χ3v) is 4.19. The third kappa shape index (κ3) is 9.07. The van der Waals surface area contributed by atoms with Gasteiger partial charge in [-0.05, 0) is 32.1 Å². The molecular weight excluding hydrogens is 260 g/mol. The van der Waals surface area contributed by atoms with E-state index in [9.17, 15) is 5.11 Å². The fourth-order valence-electron chi connectivity index (χ4n) is 2.71. The van der Waals surface area contributed by atoms with Crippen molar-refractivity contribution in [2.75, 3.05) is 6.54 Å². The molecule has 0 unspecified atom stereocenters. The van der Waals surface area contributed by atoms with Gasteiger partial charge in [-0.3, -0.25) is 0 Å². The Morgan fingerprint density at radius 3 is 2.48 bits per heavy atom. The minimum absolute atomic E-state index is 0.0863. The van der Waals surface area contributed by atoms with E-state index in [0.717, 1.165) is 19.4 Å². The molecule has 3 atom stereocenters. The number of nitrogens with one attached hydrogen (secondary N) is 1. The zero-order chi connectivity index (χ0) is 15.3. The van der Waals surface area contributed by atoms with Gasteiger partial charge >= 0.3 is 0 Å². The molecule has 0 aromatic rings. The van der Waals surface area contributed by atoms with E-state index >= 15 is 0 Å². The maximum Gasteiger partial charge on any atom is 0.0718 e.